The quantitative estimate of drug-likeness (QED) is 0.133. The summed E-state index contributed by atoms with van der Waals surface area (Å²) in [5, 5.41) is 4.32. The van der Waals surface area contributed by atoms with Crippen LogP contribution in [0.1, 0.15) is 22.3 Å². The third-order valence-electron chi connectivity index (χ3n) is 8.47. The molecule has 0 aromatic heterocycles. The summed E-state index contributed by atoms with van der Waals surface area (Å²) < 4.78 is 31.5. The first-order valence-corrected chi connectivity index (χ1v) is 15.6. The molecule has 8 rings (SSSR count). The topological polar surface area (TPSA) is 52.8 Å². The van der Waals surface area contributed by atoms with Crippen LogP contribution in [-0.4, -0.2) is 25.4 Å². The molecular weight excluding hydrogens is 560 g/mol. The van der Waals surface area contributed by atoms with E-state index in [0.29, 0.717) is 36.2 Å². The van der Waals surface area contributed by atoms with E-state index in [2.05, 4.69) is 84.9 Å². The van der Waals surface area contributed by atoms with Crippen LogP contribution in [-0.2, 0) is 35.5 Å². The monoisotopic (exact) mass is 594 g/mol. The predicted molar refractivity (Wildman–Crippen MR) is 176 cm³/mol. The number of ether oxygens (including phenoxy) is 5. The molecule has 0 amide bonds. The van der Waals surface area contributed by atoms with E-state index in [0.717, 1.165) is 58.7 Å². The molecule has 6 aromatic rings. The standard InChI is InChI=1S/C40H34O5/c1-3-11-27(12-4-1)23-43-39-35-17-9-7-15-33(35)29(19-31-25-41-31)21-37(39)45-38-22-30(20-32-26-42-32)34-16-8-10-18-36(34)40(38)44-24-28-13-5-2-6-14-28/h1-18,21-22,31-32H,19-20,23-26H2. The lowest BCUT2D eigenvalue weighted by molar-refractivity contribution is 0.281. The highest BCUT2D eigenvalue weighted by atomic mass is 16.6. The Hall–Kier alpha value is -4.84. The minimum Gasteiger partial charge on any atom is -0.484 e. The van der Waals surface area contributed by atoms with Crippen molar-refractivity contribution >= 4 is 21.5 Å². The minimum atomic E-state index is 0.230. The maximum absolute atomic E-state index is 6.99. The van der Waals surface area contributed by atoms with Crippen LogP contribution in [0.25, 0.3) is 21.5 Å². The summed E-state index contributed by atoms with van der Waals surface area (Å²) in [6.45, 7) is 2.41. The van der Waals surface area contributed by atoms with Gasteiger partial charge in [-0.25, -0.2) is 0 Å². The average Bonchev–Trinajstić information content (AvgIpc) is 4.03. The molecule has 2 atom stereocenters. The minimum absolute atomic E-state index is 0.230. The molecule has 6 aromatic carbocycles. The second-order valence-corrected chi connectivity index (χ2v) is 11.8. The van der Waals surface area contributed by atoms with E-state index in [-0.39, 0.29) is 12.2 Å². The van der Waals surface area contributed by atoms with Crippen molar-refractivity contribution < 1.29 is 23.7 Å². The van der Waals surface area contributed by atoms with Gasteiger partial charge in [0.1, 0.15) is 13.2 Å². The van der Waals surface area contributed by atoms with Crippen molar-refractivity contribution in [3.8, 4) is 23.0 Å². The Morgan fingerprint density at radius 2 is 0.867 bits per heavy atom. The molecule has 0 saturated carbocycles. The summed E-state index contributed by atoms with van der Waals surface area (Å²) in [7, 11) is 0. The SMILES string of the molecule is c1ccc(COc2c(Oc3cc(CC4CO4)c4ccccc4c3OCc3ccccc3)cc(CC3CO3)c3ccccc23)cc1. The van der Waals surface area contributed by atoms with Crippen LogP contribution in [0.4, 0.5) is 0 Å². The van der Waals surface area contributed by atoms with Gasteiger partial charge in [0.05, 0.1) is 25.4 Å². The fraction of sp³-hybridized carbons (Fsp3) is 0.200. The van der Waals surface area contributed by atoms with E-state index in [1.165, 1.54) is 11.1 Å². The van der Waals surface area contributed by atoms with Crippen molar-refractivity contribution in [1.82, 2.24) is 0 Å². The van der Waals surface area contributed by atoms with Crippen molar-refractivity contribution in [1.29, 1.82) is 0 Å². The highest BCUT2D eigenvalue weighted by Gasteiger charge is 2.28. The molecule has 45 heavy (non-hydrogen) atoms. The molecule has 5 heteroatoms. The molecule has 0 radical (unpaired) electrons. The Morgan fingerprint density at radius 1 is 0.489 bits per heavy atom. The van der Waals surface area contributed by atoms with Crippen molar-refractivity contribution in [2.75, 3.05) is 13.2 Å². The Bertz CT molecular complexity index is 1800. The van der Waals surface area contributed by atoms with Crippen LogP contribution in [0.2, 0.25) is 0 Å². The summed E-state index contributed by atoms with van der Waals surface area (Å²) in [4.78, 5) is 0. The first-order chi connectivity index (χ1) is 22.3. The van der Waals surface area contributed by atoms with Crippen LogP contribution >= 0.6 is 0 Å². The van der Waals surface area contributed by atoms with Gasteiger partial charge in [-0.3, -0.25) is 0 Å². The third-order valence-corrected chi connectivity index (χ3v) is 8.47. The normalized spacial score (nSPS) is 16.9. The van der Waals surface area contributed by atoms with Gasteiger partial charge in [-0.2, -0.15) is 0 Å². The lowest BCUT2D eigenvalue weighted by Gasteiger charge is -2.21. The molecular formula is C40H34O5. The zero-order chi connectivity index (χ0) is 30.0. The summed E-state index contributed by atoms with van der Waals surface area (Å²) in [6, 6.07) is 41.5. The average molecular weight is 595 g/mol. The highest BCUT2D eigenvalue weighted by molar-refractivity contribution is 5.95. The van der Waals surface area contributed by atoms with Gasteiger partial charge < -0.3 is 23.7 Å². The van der Waals surface area contributed by atoms with Gasteiger partial charge in [0.15, 0.2) is 23.0 Å². The molecule has 2 saturated heterocycles. The second-order valence-electron chi connectivity index (χ2n) is 11.8. The van der Waals surface area contributed by atoms with Crippen LogP contribution in [0.3, 0.4) is 0 Å². The lowest BCUT2D eigenvalue weighted by Crippen LogP contribution is -2.04. The predicted octanol–water partition coefficient (Wildman–Crippen LogP) is 8.83. The molecule has 224 valence electrons. The van der Waals surface area contributed by atoms with Crippen LogP contribution in [0, 0.1) is 0 Å². The molecule has 5 nitrogen and oxygen atoms in total. The number of fused-ring (bicyclic) bond motifs is 2. The Balaban J connectivity index is 1.26. The van der Waals surface area contributed by atoms with Crippen molar-refractivity contribution in [3.63, 3.8) is 0 Å². The molecule has 0 bridgehead atoms. The molecule has 0 spiro atoms. The van der Waals surface area contributed by atoms with Gasteiger partial charge >= 0.3 is 0 Å². The number of epoxide rings is 2. The number of benzene rings is 6. The van der Waals surface area contributed by atoms with Gasteiger partial charge in [0.2, 0.25) is 0 Å². The fourth-order valence-corrected chi connectivity index (χ4v) is 6.02. The van der Waals surface area contributed by atoms with Gasteiger partial charge in [-0.15, -0.1) is 0 Å². The Kier molecular flexibility index (Phi) is 7.55. The molecule has 2 unspecified atom stereocenters. The smallest absolute Gasteiger partial charge is 0.170 e. The van der Waals surface area contributed by atoms with Crippen molar-refractivity contribution in [2.45, 2.75) is 38.3 Å². The van der Waals surface area contributed by atoms with E-state index >= 15 is 0 Å². The maximum atomic E-state index is 6.99. The third kappa shape index (κ3) is 6.23. The summed E-state index contributed by atoms with van der Waals surface area (Å²) in [5.74, 6) is 2.75. The largest absolute Gasteiger partial charge is 0.484 e. The number of rotatable bonds is 12. The Morgan fingerprint density at radius 3 is 1.27 bits per heavy atom. The molecule has 2 aliphatic rings. The molecule has 2 fully saturated rings. The highest BCUT2D eigenvalue weighted by Crippen LogP contribution is 2.46. The van der Waals surface area contributed by atoms with E-state index in [1.807, 2.05) is 36.4 Å². The Labute approximate surface area is 262 Å². The summed E-state index contributed by atoms with van der Waals surface area (Å²) >= 11 is 0. The van der Waals surface area contributed by atoms with Crippen LogP contribution in [0.15, 0.2) is 121 Å². The van der Waals surface area contributed by atoms with E-state index < -0.39 is 0 Å². The molecule has 2 heterocycles. The first-order valence-electron chi connectivity index (χ1n) is 15.6. The van der Waals surface area contributed by atoms with E-state index in [1.54, 1.807) is 0 Å². The lowest BCUT2D eigenvalue weighted by atomic mass is 9.98. The number of hydrogen-bond acceptors (Lipinski definition) is 5. The van der Waals surface area contributed by atoms with Gasteiger partial charge in [-0.1, -0.05) is 109 Å². The number of hydrogen-bond donors (Lipinski definition) is 0. The molecule has 0 aliphatic carbocycles. The van der Waals surface area contributed by atoms with E-state index in [4.69, 9.17) is 23.7 Å². The van der Waals surface area contributed by atoms with Gasteiger partial charge in [0.25, 0.3) is 0 Å². The molecule has 0 N–H and O–H groups in total. The zero-order valence-corrected chi connectivity index (χ0v) is 25.0. The first kappa shape index (κ1) is 27.7. The van der Waals surface area contributed by atoms with Crippen molar-refractivity contribution in [3.05, 3.63) is 144 Å². The molecule has 2 aliphatic heterocycles. The fourth-order valence-electron chi connectivity index (χ4n) is 6.02. The second kappa shape index (κ2) is 12.3. The summed E-state index contributed by atoms with van der Waals surface area (Å²) in [6.07, 6.45) is 2.09. The van der Waals surface area contributed by atoms with Gasteiger partial charge in [-0.05, 0) is 45.2 Å². The van der Waals surface area contributed by atoms with Crippen LogP contribution in [0.5, 0.6) is 23.0 Å². The van der Waals surface area contributed by atoms with Crippen LogP contribution < -0.4 is 14.2 Å². The van der Waals surface area contributed by atoms with E-state index in [9.17, 15) is 0 Å². The zero-order valence-electron chi connectivity index (χ0n) is 25.0. The van der Waals surface area contributed by atoms with Crippen molar-refractivity contribution in [2.24, 2.45) is 0 Å². The maximum Gasteiger partial charge on any atom is 0.170 e. The van der Waals surface area contributed by atoms with Gasteiger partial charge in [0, 0.05) is 23.6 Å². The summed E-state index contributed by atoms with van der Waals surface area (Å²) in [5.41, 5.74) is 4.53.